The SMILES string of the molecule is NC(=O)[C@H](c1ccccc1)N(C(=O)c1cccnc1)[C@@H]1CCCc2ccc(Cl)cc21. The topological polar surface area (TPSA) is 76.3 Å². The van der Waals surface area contributed by atoms with Gasteiger partial charge in [-0.1, -0.05) is 48.0 Å². The number of aryl methyl sites for hydroxylation is 1. The van der Waals surface area contributed by atoms with Crippen LogP contribution in [0.5, 0.6) is 0 Å². The molecule has 5 nitrogen and oxygen atoms in total. The van der Waals surface area contributed by atoms with E-state index in [4.69, 9.17) is 17.3 Å². The first-order valence-electron chi connectivity index (χ1n) is 9.91. The van der Waals surface area contributed by atoms with Crippen molar-refractivity contribution in [1.82, 2.24) is 9.88 Å². The molecule has 30 heavy (non-hydrogen) atoms. The highest BCUT2D eigenvalue weighted by Crippen LogP contribution is 2.40. The average molecular weight is 420 g/mol. The van der Waals surface area contributed by atoms with Crippen LogP contribution >= 0.6 is 11.6 Å². The summed E-state index contributed by atoms with van der Waals surface area (Å²) in [6, 6.07) is 17.1. The molecular weight excluding hydrogens is 398 g/mol. The van der Waals surface area contributed by atoms with E-state index in [2.05, 4.69) is 4.98 Å². The number of amides is 2. The summed E-state index contributed by atoms with van der Waals surface area (Å²) in [7, 11) is 0. The quantitative estimate of drug-likeness (QED) is 0.662. The normalized spacial score (nSPS) is 16.4. The van der Waals surface area contributed by atoms with E-state index in [9.17, 15) is 9.59 Å². The number of aromatic nitrogens is 1. The number of hydrogen-bond donors (Lipinski definition) is 1. The highest BCUT2D eigenvalue weighted by atomic mass is 35.5. The van der Waals surface area contributed by atoms with Crippen LogP contribution in [0, 0.1) is 0 Å². The van der Waals surface area contributed by atoms with Crippen LogP contribution < -0.4 is 5.73 Å². The number of carbonyl (C=O) groups is 2. The molecule has 2 N–H and O–H groups in total. The van der Waals surface area contributed by atoms with Gasteiger partial charge < -0.3 is 10.6 Å². The molecule has 1 aromatic heterocycles. The zero-order valence-electron chi connectivity index (χ0n) is 16.4. The predicted octanol–water partition coefficient (Wildman–Crippen LogP) is 4.48. The van der Waals surface area contributed by atoms with Gasteiger partial charge in [-0.05, 0) is 60.2 Å². The Morgan fingerprint density at radius 2 is 1.90 bits per heavy atom. The number of halogens is 1. The van der Waals surface area contributed by atoms with Crippen LogP contribution in [0.3, 0.4) is 0 Å². The number of primary amides is 1. The number of nitrogens with zero attached hydrogens (tertiary/aromatic N) is 2. The second-order valence-corrected chi connectivity index (χ2v) is 7.86. The average Bonchev–Trinajstić information content (AvgIpc) is 2.77. The van der Waals surface area contributed by atoms with Crippen molar-refractivity contribution in [2.75, 3.05) is 0 Å². The van der Waals surface area contributed by atoms with Gasteiger partial charge in [0.1, 0.15) is 6.04 Å². The third kappa shape index (κ3) is 3.94. The van der Waals surface area contributed by atoms with Gasteiger partial charge >= 0.3 is 0 Å². The third-order valence-electron chi connectivity index (χ3n) is 5.53. The second kappa shape index (κ2) is 8.67. The molecule has 1 aliphatic rings. The molecule has 0 radical (unpaired) electrons. The molecule has 152 valence electrons. The minimum Gasteiger partial charge on any atom is -0.368 e. The van der Waals surface area contributed by atoms with Crippen molar-refractivity contribution in [3.63, 3.8) is 0 Å². The maximum atomic E-state index is 13.7. The van der Waals surface area contributed by atoms with Crippen LogP contribution in [-0.2, 0) is 11.2 Å². The summed E-state index contributed by atoms with van der Waals surface area (Å²) in [6.45, 7) is 0. The standard InChI is InChI=1S/C24H22ClN3O2/c25-19-12-11-16-8-4-10-21(20(16)14-19)28(24(30)18-9-5-13-27-15-18)22(23(26)29)17-6-2-1-3-7-17/h1-3,5-7,9,11-15,21-22H,4,8,10H2,(H2,26,29)/t21-,22+/m1/s1. The maximum absolute atomic E-state index is 13.7. The first-order valence-corrected chi connectivity index (χ1v) is 10.3. The van der Waals surface area contributed by atoms with E-state index in [0.29, 0.717) is 16.1 Å². The van der Waals surface area contributed by atoms with E-state index in [1.54, 1.807) is 23.2 Å². The van der Waals surface area contributed by atoms with E-state index >= 15 is 0 Å². The number of benzene rings is 2. The van der Waals surface area contributed by atoms with Gasteiger partial charge in [0.05, 0.1) is 11.6 Å². The summed E-state index contributed by atoms with van der Waals surface area (Å²) in [5.74, 6) is -0.860. The van der Waals surface area contributed by atoms with Crippen molar-refractivity contribution in [3.8, 4) is 0 Å². The molecule has 3 aromatic rings. The molecule has 0 saturated heterocycles. The van der Waals surface area contributed by atoms with Crippen LogP contribution in [-0.4, -0.2) is 21.7 Å². The molecule has 1 aliphatic carbocycles. The smallest absolute Gasteiger partial charge is 0.256 e. The Morgan fingerprint density at radius 3 is 2.60 bits per heavy atom. The molecule has 0 aliphatic heterocycles. The molecule has 0 saturated carbocycles. The predicted molar refractivity (Wildman–Crippen MR) is 116 cm³/mol. The van der Waals surface area contributed by atoms with Gasteiger partial charge in [0, 0.05) is 17.4 Å². The summed E-state index contributed by atoms with van der Waals surface area (Å²) in [6.07, 6.45) is 5.65. The molecular formula is C24H22ClN3O2. The lowest BCUT2D eigenvalue weighted by Gasteiger charge is -2.40. The van der Waals surface area contributed by atoms with Crippen molar-refractivity contribution in [3.05, 3.63) is 100 Å². The first kappa shape index (κ1) is 20.1. The van der Waals surface area contributed by atoms with Gasteiger partial charge in [-0.2, -0.15) is 0 Å². The number of nitrogens with two attached hydrogens (primary N) is 1. The van der Waals surface area contributed by atoms with Crippen LogP contribution in [0.15, 0.2) is 73.1 Å². The Bertz CT molecular complexity index is 1060. The Hall–Kier alpha value is -3.18. The van der Waals surface area contributed by atoms with Crippen molar-refractivity contribution < 1.29 is 9.59 Å². The molecule has 0 spiro atoms. The highest BCUT2D eigenvalue weighted by Gasteiger charge is 2.38. The summed E-state index contributed by atoms with van der Waals surface area (Å²) >= 11 is 6.30. The van der Waals surface area contributed by atoms with Gasteiger partial charge in [0.2, 0.25) is 5.91 Å². The Labute approximate surface area is 180 Å². The van der Waals surface area contributed by atoms with Gasteiger partial charge in [-0.3, -0.25) is 14.6 Å². The van der Waals surface area contributed by atoms with Crippen LogP contribution in [0.2, 0.25) is 5.02 Å². The van der Waals surface area contributed by atoms with Crippen LogP contribution in [0.25, 0.3) is 0 Å². The van der Waals surface area contributed by atoms with Crippen LogP contribution in [0.1, 0.15) is 52.0 Å². The molecule has 0 fully saturated rings. The molecule has 6 heteroatoms. The lowest BCUT2D eigenvalue weighted by molar-refractivity contribution is -0.123. The van der Waals surface area contributed by atoms with E-state index in [0.717, 1.165) is 30.4 Å². The number of pyridine rings is 1. The van der Waals surface area contributed by atoms with E-state index < -0.39 is 11.9 Å². The first-order chi connectivity index (χ1) is 14.6. The monoisotopic (exact) mass is 419 g/mol. The van der Waals surface area contributed by atoms with Crippen molar-refractivity contribution in [2.45, 2.75) is 31.3 Å². The van der Waals surface area contributed by atoms with Crippen molar-refractivity contribution in [1.29, 1.82) is 0 Å². The second-order valence-electron chi connectivity index (χ2n) is 7.42. The lowest BCUT2D eigenvalue weighted by Crippen LogP contribution is -2.45. The largest absolute Gasteiger partial charge is 0.368 e. The summed E-state index contributed by atoms with van der Waals surface area (Å²) in [5.41, 5.74) is 9.06. The van der Waals surface area contributed by atoms with Gasteiger partial charge in [0.25, 0.3) is 5.91 Å². The number of hydrogen-bond acceptors (Lipinski definition) is 3. The number of carbonyl (C=O) groups excluding carboxylic acids is 2. The zero-order chi connectivity index (χ0) is 21.1. The Kier molecular flexibility index (Phi) is 5.81. The molecule has 2 aromatic carbocycles. The fraction of sp³-hybridized carbons (Fsp3) is 0.208. The minimum absolute atomic E-state index is 0.284. The Balaban J connectivity index is 1.88. The molecule has 0 unspecified atom stereocenters. The molecule has 0 bridgehead atoms. The summed E-state index contributed by atoms with van der Waals surface area (Å²) in [5, 5.41) is 0.602. The summed E-state index contributed by atoms with van der Waals surface area (Å²) in [4.78, 5) is 32.1. The molecule has 1 heterocycles. The third-order valence-corrected chi connectivity index (χ3v) is 5.77. The van der Waals surface area contributed by atoms with E-state index in [-0.39, 0.29) is 11.9 Å². The van der Waals surface area contributed by atoms with Gasteiger partial charge in [-0.15, -0.1) is 0 Å². The van der Waals surface area contributed by atoms with Crippen molar-refractivity contribution >= 4 is 23.4 Å². The van der Waals surface area contributed by atoms with E-state index in [1.165, 1.54) is 6.20 Å². The Morgan fingerprint density at radius 1 is 1.10 bits per heavy atom. The van der Waals surface area contributed by atoms with Gasteiger partial charge in [0.15, 0.2) is 0 Å². The lowest BCUT2D eigenvalue weighted by atomic mass is 9.85. The fourth-order valence-electron chi connectivity index (χ4n) is 4.21. The zero-order valence-corrected chi connectivity index (χ0v) is 17.1. The van der Waals surface area contributed by atoms with Crippen LogP contribution in [0.4, 0.5) is 0 Å². The fourth-order valence-corrected chi connectivity index (χ4v) is 4.39. The molecule has 2 amide bonds. The van der Waals surface area contributed by atoms with Crippen molar-refractivity contribution in [2.24, 2.45) is 5.73 Å². The number of fused-ring (bicyclic) bond motifs is 1. The highest BCUT2D eigenvalue weighted by molar-refractivity contribution is 6.30. The maximum Gasteiger partial charge on any atom is 0.256 e. The minimum atomic E-state index is -0.908. The number of rotatable bonds is 5. The van der Waals surface area contributed by atoms with E-state index in [1.807, 2.05) is 48.5 Å². The molecule has 4 rings (SSSR count). The molecule has 2 atom stereocenters. The summed E-state index contributed by atoms with van der Waals surface area (Å²) < 4.78 is 0. The van der Waals surface area contributed by atoms with Gasteiger partial charge in [-0.25, -0.2) is 0 Å².